The van der Waals surface area contributed by atoms with Crippen LogP contribution in [0.15, 0.2) is 29.2 Å². The standard InChI is InChI=1S/C12H7Cl3N2O3/c13-6-4-7(14)11(19)10(9(6)15)17-12(20)5-1-2-16-8(18)3-5/h1-4,19H,(H,16,18)(H,17,20). The van der Waals surface area contributed by atoms with Crippen LogP contribution in [0, 0.1) is 0 Å². The van der Waals surface area contributed by atoms with E-state index in [2.05, 4.69) is 10.3 Å². The van der Waals surface area contributed by atoms with Gasteiger partial charge in [-0.3, -0.25) is 9.59 Å². The molecule has 0 atom stereocenters. The van der Waals surface area contributed by atoms with E-state index in [0.717, 1.165) is 6.07 Å². The molecule has 1 aromatic heterocycles. The first-order valence-corrected chi connectivity index (χ1v) is 6.40. The average molecular weight is 334 g/mol. The summed E-state index contributed by atoms with van der Waals surface area (Å²) in [6.07, 6.45) is 1.32. The molecule has 1 aromatic carbocycles. The Morgan fingerprint density at radius 3 is 2.55 bits per heavy atom. The molecule has 2 aromatic rings. The second kappa shape index (κ2) is 5.75. The Bertz CT molecular complexity index is 717. The number of hydrogen-bond donors (Lipinski definition) is 3. The van der Waals surface area contributed by atoms with Crippen molar-refractivity contribution in [3.05, 3.63) is 55.4 Å². The molecule has 1 amide bonds. The summed E-state index contributed by atoms with van der Waals surface area (Å²) in [4.78, 5) is 25.5. The van der Waals surface area contributed by atoms with Gasteiger partial charge in [-0.2, -0.15) is 0 Å². The molecule has 8 heteroatoms. The number of aromatic amines is 1. The Hall–Kier alpha value is -1.69. The Morgan fingerprint density at radius 2 is 1.90 bits per heavy atom. The molecule has 0 aliphatic carbocycles. The zero-order valence-electron chi connectivity index (χ0n) is 9.71. The summed E-state index contributed by atoms with van der Waals surface area (Å²) in [5.74, 6) is -1.04. The van der Waals surface area contributed by atoms with Crippen LogP contribution in [0.5, 0.6) is 5.75 Å². The molecule has 0 spiro atoms. The van der Waals surface area contributed by atoms with Crippen molar-refractivity contribution < 1.29 is 9.90 Å². The molecular formula is C12H7Cl3N2O3. The third-order valence-corrected chi connectivity index (χ3v) is 3.50. The predicted molar refractivity (Wildman–Crippen MR) is 78.2 cm³/mol. The van der Waals surface area contributed by atoms with E-state index in [4.69, 9.17) is 34.8 Å². The van der Waals surface area contributed by atoms with Crippen molar-refractivity contribution in [1.29, 1.82) is 0 Å². The van der Waals surface area contributed by atoms with Crippen LogP contribution in [0.3, 0.4) is 0 Å². The maximum atomic E-state index is 12.0. The summed E-state index contributed by atoms with van der Waals surface area (Å²) in [5, 5.41) is 12.1. The van der Waals surface area contributed by atoms with Gasteiger partial charge in [-0.05, 0) is 12.1 Å². The molecule has 3 N–H and O–H groups in total. The smallest absolute Gasteiger partial charge is 0.256 e. The number of hydrogen-bond acceptors (Lipinski definition) is 3. The maximum Gasteiger partial charge on any atom is 0.256 e. The highest BCUT2D eigenvalue weighted by Gasteiger charge is 2.17. The van der Waals surface area contributed by atoms with E-state index >= 15 is 0 Å². The first-order valence-electron chi connectivity index (χ1n) is 5.26. The molecule has 0 saturated carbocycles. The zero-order chi connectivity index (χ0) is 14.9. The van der Waals surface area contributed by atoms with Crippen LogP contribution in [0.4, 0.5) is 5.69 Å². The number of phenols is 1. The number of amides is 1. The van der Waals surface area contributed by atoms with Crippen molar-refractivity contribution in [1.82, 2.24) is 4.98 Å². The van der Waals surface area contributed by atoms with Crippen LogP contribution in [-0.4, -0.2) is 16.0 Å². The molecule has 0 fully saturated rings. The van der Waals surface area contributed by atoms with E-state index in [1.807, 2.05) is 0 Å². The van der Waals surface area contributed by atoms with E-state index < -0.39 is 17.2 Å². The third kappa shape index (κ3) is 2.90. The third-order valence-electron chi connectivity index (χ3n) is 2.42. The molecule has 0 saturated heterocycles. The number of aromatic hydroxyl groups is 1. The number of carbonyl (C=O) groups excluding carboxylic acids is 1. The van der Waals surface area contributed by atoms with Gasteiger partial charge in [0.25, 0.3) is 5.91 Å². The van der Waals surface area contributed by atoms with E-state index in [0.29, 0.717) is 0 Å². The summed E-state index contributed by atoms with van der Waals surface area (Å²) >= 11 is 17.5. The highest BCUT2D eigenvalue weighted by atomic mass is 35.5. The quantitative estimate of drug-likeness (QED) is 0.582. The van der Waals surface area contributed by atoms with Crippen LogP contribution in [0.2, 0.25) is 15.1 Å². The van der Waals surface area contributed by atoms with Crippen LogP contribution >= 0.6 is 34.8 Å². The lowest BCUT2D eigenvalue weighted by atomic mass is 10.2. The predicted octanol–water partition coefficient (Wildman–Crippen LogP) is 3.29. The fourth-order valence-electron chi connectivity index (χ4n) is 1.47. The molecular weight excluding hydrogens is 327 g/mol. The second-order valence-corrected chi connectivity index (χ2v) is 4.97. The van der Waals surface area contributed by atoms with Gasteiger partial charge in [0.05, 0.1) is 15.1 Å². The number of aromatic nitrogens is 1. The number of nitrogens with one attached hydrogen (secondary N) is 2. The number of rotatable bonds is 2. The summed E-state index contributed by atoms with van der Waals surface area (Å²) in [7, 11) is 0. The van der Waals surface area contributed by atoms with Gasteiger partial charge in [-0.15, -0.1) is 0 Å². The summed E-state index contributed by atoms with van der Waals surface area (Å²) in [6, 6.07) is 3.75. The van der Waals surface area contributed by atoms with Crippen molar-refractivity contribution >= 4 is 46.4 Å². The fourth-order valence-corrected chi connectivity index (χ4v) is 2.13. The largest absolute Gasteiger partial charge is 0.504 e. The number of halogens is 3. The number of carbonyl (C=O) groups is 1. The number of H-pyrrole nitrogens is 1. The monoisotopic (exact) mass is 332 g/mol. The van der Waals surface area contributed by atoms with Gasteiger partial charge >= 0.3 is 0 Å². The summed E-state index contributed by atoms with van der Waals surface area (Å²) in [6.45, 7) is 0. The summed E-state index contributed by atoms with van der Waals surface area (Å²) < 4.78 is 0. The lowest BCUT2D eigenvalue weighted by Gasteiger charge is -2.11. The van der Waals surface area contributed by atoms with Crippen molar-refractivity contribution in [2.45, 2.75) is 0 Å². The number of phenolic OH excluding ortho intramolecular Hbond substituents is 1. The van der Waals surface area contributed by atoms with E-state index in [-0.39, 0.29) is 26.3 Å². The first-order chi connectivity index (χ1) is 9.40. The minimum atomic E-state index is -0.633. The molecule has 1 heterocycles. The Kier molecular flexibility index (Phi) is 4.23. The molecule has 0 aliphatic heterocycles. The highest BCUT2D eigenvalue weighted by Crippen LogP contribution is 2.42. The molecule has 5 nitrogen and oxygen atoms in total. The molecule has 104 valence electrons. The van der Waals surface area contributed by atoms with Crippen LogP contribution in [0.1, 0.15) is 10.4 Å². The molecule has 2 rings (SSSR count). The molecule has 0 bridgehead atoms. The minimum Gasteiger partial charge on any atom is -0.504 e. The lowest BCUT2D eigenvalue weighted by Crippen LogP contribution is -2.16. The molecule has 0 unspecified atom stereocenters. The van der Waals surface area contributed by atoms with Gasteiger partial charge in [0, 0.05) is 17.8 Å². The van der Waals surface area contributed by atoms with Crippen molar-refractivity contribution in [2.75, 3.05) is 5.32 Å². The zero-order valence-corrected chi connectivity index (χ0v) is 12.0. The number of pyridine rings is 1. The van der Waals surface area contributed by atoms with Crippen molar-refractivity contribution in [2.24, 2.45) is 0 Å². The lowest BCUT2D eigenvalue weighted by molar-refractivity contribution is 0.102. The Morgan fingerprint density at radius 1 is 1.20 bits per heavy atom. The topological polar surface area (TPSA) is 82.2 Å². The summed E-state index contributed by atoms with van der Waals surface area (Å²) in [5.41, 5.74) is -0.452. The van der Waals surface area contributed by atoms with Gasteiger partial charge in [0.1, 0.15) is 5.69 Å². The average Bonchev–Trinajstić information content (AvgIpc) is 2.41. The van der Waals surface area contributed by atoms with Crippen LogP contribution < -0.4 is 10.9 Å². The van der Waals surface area contributed by atoms with Crippen LogP contribution in [0.25, 0.3) is 0 Å². The van der Waals surface area contributed by atoms with E-state index in [1.165, 1.54) is 18.3 Å². The fraction of sp³-hybridized carbons (Fsp3) is 0. The number of anilines is 1. The van der Waals surface area contributed by atoms with Gasteiger partial charge in [0.15, 0.2) is 5.75 Å². The van der Waals surface area contributed by atoms with Crippen molar-refractivity contribution in [3.63, 3.8) is 0 Å². The first kappa shape index (κ1) is 14.7. The van der Waals surface area contributed by atoms with Gasteiger partial charge < -0.3 is 15.4 Å². The normalized spacial score (nSPS) is 10.3. The SMILES string of the molecule is O=C(Nc1c(O)c(Cl)cc(Cl)c1Cl)c1cc[nH]c(=O)c1. The van der Waals surface area contributed by atoms with E-state index in [9.17, 15) is 14.7 Å². The molecule has 20 heavy (non-hydrogen) atoms. The van der Waals surface area contributed by atoms with Gasteiger partial charge in [-0.25, -0.2) is 0 Å². The minimum absolute atomic E-state index is 0.0493. The van der Waals surface area contributed by atoms with Crippen molar-refractivity contribution in [3.8, 4) is 5.75 Å². The maximum absolute atomic E-state index is 12.0. The Balaban J connectivity index is 2.40. The van der Waals surface area contributed by atoms with Crippen LogP contribution in [-0.2, 0) is 0 Å². The van der Waals surface area contributed by atoms with E-state index in [1.54, 1.807) is 0 Å². The number of benzene rings is 1. The molecule has 0 radical (unpaired) electrons. The highest BCUT2D eigenvalue weighted by molar-refractivity contribution is 6.46. The van der Waals surface area contributed by atoms with Gasteiger partial charge in [0.2, 0.25) is 5.56 Å². The Labute approximate surface area is 128 Å². The molecule has 0 aliphatic rings. The second-order valence-electron chi connectivity index (χ2n) is 3.77. The van der Waals surface area contributed by atoms with Gasteiger partial charge in [-0.1, -0.05) is 34.8 Å².